The van der Waals surface area contributed by atoms with Crippen molar-refractivity contribution in [3.05, 3.63) is 325 Å². The first-order chi connectivity index (χ1) is 41.1. The van der Waals surface area contributed by atoms with Crippen molar-refractivity contribution in [2.24, 2.45) is 0 Å². The average Bonchev–Trinajstić information content (AvgIpc) is 2.41. The molecule has 12 aromatic rings. The lowest BCUT2D eigenvalue weighted by Gasteiger charge is -2.31. The Morgan fingerprint density at radius 1 is 0.274 bits per heavy atom. The molecule has 0 unspecified atom stereocenters. The molecule has 0 heterocycles. The number of benzene rings is 12. The monoisotopic (exact) mass is 1280 g/mol. The Bertz CT molecular complexity index is 4410. The van der Waals surface area contributed by atoms with Crippen LogP contribution in [0.1, 0.15) is 44.5 Å². The van der Waals surface area contributed by atoms with Gasteiger partial charge in [-0.05, 0) is 195 Å². The van der Waals surface area contributed by atoms with Gasteiger partial charge in [-0.2, -0.15) is 0 Å². The minimum Gasteiger partial charge on any atom is -0.497 e. The van der Waals surface area contributed by atoms with Crippen LogP contribution in [0.15, 0.2) is 280 Å². The molecule has 84 heavy (non-hydrogen) atoms. The minimum atomic E-state index is -1.49. The first kappa shape index (κ1) is 53.7. The molecule has 2 N–H and O–H groups in total. The molecule has 12 aromatic carbocycles. The van der Waals surface area contributed by atoms with Crippen molar-refractivity contribution in [1.82, 2.24) is 0 Å². The summed E-state index contributed by atoms with van der Waals surface area (Å²) in [5.41, 5.74) is 27.7. The van der Waals surface area contributed by atoms with Crippen molar-refractivity contribution in [3.8, 4) is 89.4 Å². The van der Waals surface area contributed by atoms with Gasteiger partial charge in [0.2, 0.25) is 0 Å². The molecule has 0 saturated heterocycles. The van der Waals surface area contributed by atoms with E-state index in [4.69, 9.17) is 9.47 Å². The van der Waals surface area contributed by atoms with E-state index in [0.29, 0.717) is 11.2 Å². The molecule has 2 spiro atoms. The Kier molecular flexibility index (Phi) is 13.9. The van der Waals surface area contributed by atoms with E-state index in [9.17, 15) is 10.0 Å². The maximum absolute atomic E-state index is 9.34. The van der Waals surface area contributed by atoms with E-state index in [1.165, 1.54) is 111 Å². The first-order valence-electron chi connectivity index (χ1n) is 27.9. The molecule has 4 aliphatic rings. The Morgan fingerprint density at radius 3 is 1.00 bits per heavy atom. The van der Waals surface area contributed by atoms with E-state index in [-0.39, 0.29) is 10.8 Å². The minimum absolute atomic E-state index is 0.259. The van der Waals surface area contributed by atoms with Gasteiger partial charge in [0.15, 0.2) is 0 Å². The molecular formula is C76H52BBr3O4. The maximum Gasteiger partial charge on any atom is 0.489 e. The second kappa shape index (κ2) is 21.7. The zero-order valence-electron chi connectivity index (χ0n) is 45.8. The average molecular weight is 1280 g/mol. The summed E-state index contributed by atoms with van der Waals surface area (Å²) in [5.74, 6) is 1.55. The SMILES string of the molecule is Brc1ccc2c(c1)C1(c3ccccc3-c3ccccc31)c1cc(Br)ccc1-2.COc1ccc(-c2ccc3c(c2)C2(c4ccccc4-c4ccccc42)c2cc(Br)ccc2-3)c(-c2ccccc2)c1.COc1ccc(B(O)O)c(-c2ccccc2)c1. The maximum atomic E-state index is 9.34. The van der Waals surface area contributed by atoms with Gasteiger partial charge in [0.25, 0.3) is 0 Å². The highest BCUT2D eigenvalue weighted by Crippen LogP contribution is 2.65. The fourth-order valence-corrected chi connectivity index (χ4v) is 15.0. The van der Waals surface area contributed by atoms with Crippen molar-refractivity contribution < 1.29 is 19.5 Å². The van der Waals surface area contributed by atoms with Gasteiger partial charge in [0, 0.05) is 13.4 Å². The first-order valence-corrected chi connectivity index (χ1v) is 30.3. The number of ether oxygens (including phenoxy) is 2. The Balaban J connectivity index is 0.000000123. The lowest BCUT2D eigenvalue weighted by Crippen LogP contribution is -2.31. The van der Waals surface area contributed by atoms with E-state index in [1.54, 1.807) is 32.4 Å². The third-order valence-electron chi connectivity index (χ3n) is 17.3. The predicted octanol–water partition coefficient (Wildman–Crippen LogP) is 18.7. The second-order valence-corrected chi connectivity index (χ2v) is 24.2. The van der Waals surface area contributed by atoms with E-state index >= 15 is 0 Å². The highest BCUT2D eigenvalue weighted by Gasteiger charge is 2.53. The van der Waals surface area contributed by atoms with Gasteiger partial charge >= 0.3 is 7.12 Å². The summed E-state index contributed by atoms with van der Waals surface area (Å²) in [6.45, 7) is 0. The van der Waals surface area contributed by atoms with Crippen molar-refractivity contribution in [2.75, 3.05) is 14.2 Å². The summed E-state index contributed by atoms with van der Waals surface area (Å²) < 4.78 is 14.1. The summed E-state index contributed by atoms with van der Waals surface area (Å²) in [4.78, 5) is 0. The number of methoxy groups -OCH3 is 2. The van der Waals surface area contributed by atoms with Crippen LogP contribution in [0.25, 0.3) is 77.9 Å². The molecule has 0 fully saturated rings. The van der Waals surface area contributed by atoms with Gasteiger partial charge in [0.05, 0.1) is 25.0 Å². The molecule has 4 aliphatic carbocycles. The van der Waals surface area contributed by atoms with Crippen LogP contribution in [0, 0.1) is 0 Å². The second-order valence-electron chi connectivity index (χ2n) is 21.5. The van der Waals surface area contributed by atoms with Gasteiger partial charge in [0.1, 0.15) is 11.5 Å². The van der Waals surface area contributed by atoms with Crippen LogP contribution in [0.3, 0.4) is 0 Å². The molecule has 16 rings (SSSR count). The largest absolute Gasteiger partial charge is 0.497 e. The predicted molar refractivity (Wildman–Crippen MR) is 354 cm³/mol. The Morgan fingerprint density at radius 2 is 0.595 bits per heavy atom. The lowest BCUT2D eigenvalue weighted by molar-refractivity contribution is 0.414. The smallest absolute Gasteiger partial charge is 0.489 e. The van der Waals surface area contributed by atoms with Crippen molar-refractivity contribution in [1.29, 1.82) is 0 Å². The number of rotatable bonds is 6. The molecule has 404 valence electrons. The Hall–Kier alpha value is -8.34. The van der Waals surface area contributed by atoms with Crippen LogP contribution in [0.2, 0.25) is 0 Å². The molecule has 0 atom stereocenters. The molecule has 0 bridgehead atoms. The van der Waals surface area contributed by atoms with Gasteiger partial charge < -0.3 is 19.5 Å². The van der Waals surface area contributed by atoms with Crippen molar-refractivity contribution in [3.63, 3.8) is 0 Å². The van der Waals surface area contributed by atoms with Gasteiger partial charge in [-0.15, -0.1) is 0 Å². The van der Waals surface area contributed by atoms with E-state index in [2.05, 4.69) is 266 Å². The number of hydrogen-bond donors (Lipinski definition) is 2. The summed E-state index contributed by atoms with van der Waals surface area (Å²) >= 11 is 11.3. The summed E-state index contributed by atoms with van der Waals surface area (Å²) in [6.07, 6.45) is 0. The van der Waals surface area contributed by atoms with E-state index in [1.807, 2.05) is 30.3 Å². The molecule has 0 saturated carbocycles. The Labute approximate surface area is 515 Å². The molecular weight excluding hydrogens is 1230 g/mol. The highest BCUT2D eigenvalue weighted by atomic mass is 79.9. The third kappa shape index (κ3) is 8.52. The van der Waals surface area contributed by atoms with Crippen LogP contribution in [-0.4, -0.2) is 31.4 Å². The van der Waals surface area contributed by atoms with Crippen molar-refractivity contribution >= 4 is 60.4 Å². The lowest BCUT2D eigenvalue weighted by atomic mass is 9.70. The van der Waals surface area contributed by atoms with Gasteiger partial charge in [-0.3, -0.25) is 0 Å². The molecule has 0 amide bonds. The van der Waals surface area contributed by atoms with Crippen LogP contribution in [-0.2, 0) is 10.8 Å². The summed E-state index contributed by atoms with van der Waals surface area (Å²) in [5, 5.41) is 18.7. The van der Waals surface area contributed by atoms with Crippen LogP contribution < -0.4 is 14.9 Å². The molecule has 0 aromatic heterocycles. The number of fused-ring (bicyclic) bond motifs is 20. The van der Waals surface area contributed by atoms with Gasteiger partial charge in [-0.1, -0.05) is 248 Å². The summed E-state index contributed by atoms with van der Waals surface area (Å²) in [6, 6.07) is 94.6. The normalized spacial score (nSPS) is 13.1. The highest BCUT2D eigenvalue weighted by molar-refractivity contribution is 9.11. The fourth-order valence-electron chi connectivity index (χ4n) is 13.9. The van der Waals surface area contributed by atoms with E-state index < -0.39 is 7.12 Å². The zero-order valence-corrected chi connectivity index (χ0v) is 50.6. The third-order valence-corrected chi connectivity index (χ3v) is 18.8. The fraction of sp³-hybridized carbons (Fsp3) is 0.0526. The molecule has 8 heteroatoms. The van der Waals surface area contributed by atoms with Crippen LogP contribution in [0.4, 0.5) is 0 Å². The molecule has 0 radical (unpaired) electrons. The van der Waals surface area contributed by atoms with Crippen LogP contribution in [0.5, 0.6) is 11.5 Å². The quantitative estimate of drug-likeness (QED) is 0.163. The standard InChI is InChI=1S/C38H25BrO.C25H14Br2.C13H13BO3/c1-40-27-17-20-28(33(23-27)24-9-3-2-4-10-24)25-15-18-31-32-19-16-26(39)22-37(32)38(36(31)21-25)34-13-7-5-11-29(34)30-12-6-8-14-35(30)38;26-15-9-11-19-20-12-10-16(27)14-24(20)25(23(19)13-15)21-7-3-1-5-17(21)18-6-2-4-8-22(18)25;1-17-11-7-8-13(14(15)16)12(9-11)10-5-3-2-4-6-10/h2-23H,1H3;1-14H;2-9,15-16H,1H3. The molecule has 4 nitrogen and oxygen atoms in total. The molecule has 0 aliphatic heterocycles. The zero-order chi connectivity index (χ0) is 57.3. The van der Waals surface area contributed by atoms with Gasteiger partial charge in [-0.25, -0.2) is 0 Å². The van der Waals surface area contributed by atoms with E-state index in [0.717, 1.165) is 30.3 Å². The van der Waals surface area contributed by atoms with Crippen LogP contribution >= 0.6 is 47.8 Å². The summed E-state index contributed by atoms with van der Waals surface area (Å²) in [7, 11) is 1.82. The van der Waals surface area contributed by atoms with Crippen molar-refractivity contribution in [2.45, 2.75) is 10.8 Å². The number of hydrogen-bond acceptors (Lipinski definition) is 4. The topological polar surface area (TPSA) is 58.9 Å². The number of halogens is 3.